The minimum absolute atomic E-state index is 0.00974. The Morgan fingerprint density at radius 2 is 1.56 bits per heavy atom. The fraction of sp³-hybridized carbons (Fsp3) is 0.391. The van der Waals surface area contributed by atoms with Crippen LogP contribution in [0.15, 0.2) is 79.1 Å². The average molecular weight is 868 g/mol. The van der Waals surface area contributed by atoms with Gasteiger partial charge in [-0.15, -0.1) is 0 Å². The number of piperidine rings is 3. The summed E-state index contributed by atoms with van der Waals surface area (Å²) in [6, 6.07) is 20.0. The summed E-state index contributed by atoms with van der Waals surface area (Å²) >= 11 is 0. The molecule has 6 heterocycles. The number of carbonyl (C=O) groups excluding carboxylic acids is 3. The molecule has 16 heteroatoms. The summed E-state index contributed by atoms with van der Waals surface area (Å²) < 4.78 is 73.0. The Morgan fingerprint density at radius 3 is 2.26 bits per heavy atom. The number of anilines is 2. The highest BCUT2D eigenvalue weighted by Gasteiger charge is 2.34. The summed E-state index contributed by atoms with van der Waals surface area (Å²) in [5.41, 5.74) is 3.70. The van der Waals surface area contributed by atoms with Crippen LogP contribution >= 0.6 is 0 Å². The van der Waals surface area contributed by atoms with E-state index in [-0.39, 0.29) is 42.8 Å². The summed E-state index contributed by atoms with van der Waals surface area (Å²) in [6.45, 7) is 4.66. The summed E-state index contributed by atoms with van der Waals surface area (Å²) in [7, 11) is -4.35. The van der Waals surface area contributed by atoms with Gasteiger partial charge in [-0.25, -0.2) is 18.2 Å². The van der Waals surface area contributed by atoms with Crippen LogP contribution in [-0.2, 0) is 19.8 Å². The lowest BCUT2D eigenvalue weighted by Crippen LogP contribution is -2.41. The second kappa shape index (κ2) is 17.3. The summed E-state index contributed by atoms with van der Waals surface area (Å²) in [5, 5.41) is 2.80. The molecule has 1 unspecified atom stereocenters. The van der Waals surface area contributed by atoms with E-state index in [1.807, 2.05) is 16.9 Å². The predicted octanol–water partition coefficient (Wildman–Crippen LogP) is 7.06. The van der Waals surface area contributed by atoms with E-state index < -0.39 is 45.0 Å². The molecule has 0 saturated carbocycles. The second-order valence-electron chi connectivity index (χ2n) is 17.0. The van der Waals surface area contributed by atoms with Gasteiger partial charge < -0.3 is 14.8 Å². The summed E-state index contributed by atoms with van der Waals surface area (Å²) in [6.07, 6.45) is 7.00. The lowest BCUT2D eigenvalue weighted by molar-refractivity contribution is -0.134. The molecule has 9 rings (SSSR count). The maximum atomic E-state index is 15.7. The third-order valence-electron chi connectivity index (χ3n) is 13.1. The van der Waals surface area contributed by atoms with Crippen molar-refractivity contribution in [1.82, 2.24) is 24.5 Å². The van der Waals surface area contributed by atoms with Gasteiger partial charge in [0.25, 0.3) is 0 Å². The molecule has 3 aromatic carbocycles. The first-order chi connectivity index (χ1) is 29.9. The monoisotopic (exact) mass is 867 g/mol. The lowest BCUT2D eigenvalue weighted by Gasteiger charge is -2.38. The largest absolute Gasteiger partial charge is 0.372 e. The zero-order valence-electron chi connectivity index (χ0n) is 34.1. The number of pyridine rings is 1. The number of ketones is 1. The van der Waals surface area contributed by atoms with Crippen LogP contribution in [0.25, 0.3) is 22.2 Å². The molecule has 0 radical (unpaired) electrons. The number of aromatic amines is 1. The van der Waals surface area contributed by atoms with E-state index in [0.717, 1.165) is 91.7 Å². The number of nitrogens with zero attached hydrogens (tertiary/aromatic N) is 4. The van der Waals surface area contributed by atoms with E-state index in [2.05, 4.69) is 61.5 Å². The van der Waals surface area contributed by atoms with Crippen molar-refractivity contribution in [3.63, 3.8) is 0 Å². The Labute approximate surface area is 358 Å². The molecular weight excluding hydrogens is 820 g/mol. The first-order valence-corrected chi connectivity index (χ1v) is 22.8. The van der Waals surface area contributed by atoms with E-state index in [1.54, 1.807) is 12.3 Å². The smallest absolute Gasteiger partial charge is 0.301 e. The fourth-order valence-corrected chi connectivity index (χ4v) is 10.8. The van der Waals surface area contributed by atoms with Gasteiger partial charge in [-0.3, -0.25) is 24.4 Å². The van der Waals surface area contributed by atoms with Gasteiger partial charge in [-0.05, 0) is 110 Å². The van der Waals surface area contributed by atoms with Crippen LogP contribution in [0.1, 0.15) is 83.8 Å². The SMILES string of the molecule is O=C1CCC(c2ccc(C3CCN(CC4CCN(c5ccc(-c6cnc7[nH]cc(C(=O)c8c(F)ccc(NS(=O)(=O)N9CC[C@@H](F)C9)c8F)c7c6)cc5)CC4)CC3)cc2)C(=O)N1. The van der Waals surface area contributed by atoms with Crippen LogP contribution < -0.4 is 14.9 Å². The van der Waals surface area contributed by atoms with Gasteiger partial charge in [0.15, 0.2) is 5.82 Å². The van der Waals surface area contributed by atoms with Crippen molar-refractivity contribution in [2.45, 2.75) is 63.0 Å². The van der Waals surface area contributed by atoms with Gasteiger partial charge in [0.2, 0.25) is 17.6 Å². The van der Waals surface area contributed by atoms with Crippen LogP contribution in [0.2, 0.25) is 0 Å². The highest BCUT2D eigenvalue weighted by Crippen LogP contribution is 2.34. The van der Waals surface area contributed by atoms with Crippen molar-refractivity contribution >= 4 is 50.2 Å². The van der Waals surface area contributed by atoms with Gasteiger partial charge in [0.05, 0.1) is 17.2 Å². The van der Waals surface area contributed by atoms with Gasteiger partial charge in [-0.1, -0.05) is 36.4 Å². The van der Waals surface area contributed by atoms with E-state index in [9.17, 15) is 27.2 Å². The molecule has 4 fully saturated rings. The van der Waals surface area contributed by atoms with Crippen LogP contribution in [0, 0.1) is 17.6 Å². The number of nitrogens with one attached hydrogen (secondary N) is 3. The Morgan fingerprint density at radius 1 is 0.839 bits per heavy atom. The topological polar surface area (TPSA) is 148 Å². The van der Waals surface area contributed by atoms with Crippen molar-refractivity contribution in [3.8, 4) is 11.1 Å². The number of amides is 2. The fourth-order valence-electron chi connectivity index (χ4n) is 9.50. The highest BCUT2D eigenvalue weighted by molar-refractivity contribution is 7.90. The van der Waals surface area contributed by atoms with Crippen molar-refractivity contribution in [2.24, 2.45) is 5.92 Å². The maximum Gasteiger partial charge on any atom is 0.301 e. The average Bonchev–Trinajstić information content (AvgIpc) is 3.92. The molecule has 324 valence electrons. The van der Waals surface area contributed by atoms with E-state index in [1.165, 1.54) is 11.8 Å². The van der Waals surface area contributed by atoms with Crippen LogP contribution in [0.3, 0.4) is 0 Å². The van der Waals surface area contributed by atoms with Crippen molar-refractivity contribution < 1.29 is 36.0 Å². The Bertz CT molecular complexity index is 2610. The molecule has 4 saturated heterocycles. The number of H-pyrrole nitrogens is 1. The number of alkyl halides is 1. The molecular formula is C46H48F3N7O5S. The van der Waals surface area contributed by atoms with Gasteiger partial charge in [0, 0.05) is 73.7 Å². The number of imide groups is 1. The van der Waals surface area contributed by atoms with Gasteiger partial charge in [-0.2, -0.15) is 12.7 Å². The first-order valence-electron chi connectivity index (χ1n) is 21.3. The number of benzene rings is 3. The first kappa shape index (κ1) is 41.8. The van der Waals surface area contributed by atoms with Crippen LogP contribution in [0.5, 0.6) is 0 Å². The molecule has 2 aromatic heterocycles. The van der Waals surface area contributed by atoms with Gasteiger partial charge >= 0.3 is 10.2 Å². The Kier molecular flexibility index (Phi) is 11.6. The van der Waals surface area contributed by atoms with E-state index >= 15 is 8.78 Å². The maximum absolute atomic E-state index is 15.7. The molecule has 4 aliphatic rings. The lowest BCUT2D eigenvalue weighted by atomic mass is 9.85. The number of hydrogen-bond acceptors (Lipinski definition) is 8. The highest BCUT2D eigenvalue weighted by atomic mass is 32.2. The number of halogens is 3. The molecule has 62 heavy (non-hydrogen) atoms. The number of hydrogen-bond donors (Lipinski definition) is 3. The number of likely N-dealkylation sites (tertiary alicyclic amines) is 1. The number of aromatic nitrogens is 2. The van der Waals surface area contributed by atoms with Crippen LogP contribution in [-0.4, -0.2) is 97.2 Å². The van der Waals surface area contributed by atoms with Crippen molar-refractivity contribution in [3.05, 3.63) is 113 Å². The van der Waals surface area contributed by atoms with E-state index in [4.69, 9.17) is 0 Å². The number of rotatable bonds is 11. The Hall–Kier alpha value is -5.58. The molecule has 3 N–H and O–H groups in total. The zero-order chi connectivity index (χ0) is 43.1. The molecule has 2 amide bonds. The second-order valence-corrected chi connectivity index (χ2v) is 18.7. The Balaban J connectivity index is 0.790. The molecule has 5 aromatic rings. The third-order valence-corrected chi connectivity index (χ3v) is 14.6. The summed E-state index contributed by atoms with van der Waals surface area (Å²) in [5.74, 6) is -3.05. The standard InChI is InChI=1S/C46H48F3N7O5S/c47-34-17-22-56(27-34)62(60,61)53-40-11-10-39(48)42(43(40)49)44(58)38-25-51-45-37(38)23-33(24-50-45)30-5-7-35(8-6-30)55-20-13-28(14-21-55)26-54-18-15-31(16-19-54)29-1-3-32(4-2-29)36-9-12-41(57)52-46(36)59/h1-8,10-11,23-25,28,31,34,36,53H,9,12-22,26-27H2,(H,50,51)(H,52,57,59)/t34-,36?/m1/s1. The quantitative estimate of drug-likeness (QED) is 0.0946. The molecule has 4 aliphatic heterocycles. The molecule has 2 atom stereocenters. The minimum Gasteiger partial charge on any atom is -0.372 e. The number of carbonyl (C=O) groups is 3. The number of fused-ring (bicyclic) bond motifs is 1. The van der Waals surface area contributed by atoms with Gasteiger partial charge in [0.1, 0.15) is 17.6 Å². The zero-order valence-corrected chi connectivity index (χ0v) is 34.9. The minimum atomic E-state index is -4.35. The summed E-state index contributed by atoms with van der Waals surface area (Å²) in [4.78, 5) is 49.9. The normalized spacial score (nSPS) is 21.1. The molecule has 0 bridgehead atoms. The molecule has 0 aliphatic carbocycles. The van der Waals surface area contributed by atoms with Crippen molar-refractivity contribution in [2.75, 3.05) is 55.4 Å². The van der Waals surface area contributed by atoms with E-state index in [0.29, 0.717) is 41.3 Å². The predicted molar refractivity (Wildman–Crippen MR) is 230 cm³/mol. The molecule has 0 spiro atoms. The van der Waals surface area contributed by atoms with Crippen molar-refractivity contribution in [1.29, 1.82) is 0 Å². The third kappa shape index (κ3) is 8.59. The van der Waals surface area contributed by atoms with Crippen LogP contribution in [0.4, 0.5) is 24.5 Å². The molecule has 12 nitrogen and oxygen atoms in total.